The predicted molar refractivity (Wildman–Crippen MR) is 48.1 cm³/mol. The maximum Gasteiger partial charge on any atom is 0.0935 e. The van der Waals surface area contributed by atoms with Crippen LogP contribution in [-0.2, 0) is 4.74 Å². The summed E-state index contributed by atoms with van der Waals surface area (Å²) in [4.78, 5) is 2.82. The predicted octanol–water partition coefficient (Wildman–Crippen LogP) is 2.44. The van der Waals surface area contributed by atoms with Crippen LogP contribution < -0.4 is 0 Å². The van der Waals surface area contributed by atoms with Crippen molar-refractivity contribution in [1.29, 1.82) is 0 Å². The van der Waals surface area contributed by atoms with Crippen LogP contribution in [-0.4, -0.2) is 12.7 Å². The molecule has 0 spiro atoms. The summed E-state index contributed by atoms with van der Waals surface area (Å²) in [6, 6.07) is 9.52. The number of hydrogen-bond donors (Lipinski definition) is 0. The Hall–Kier alpha value is -1.51. The lowest BCUT2D eigenvalue weighted by Gasteiger charge is -2.06. The van der Waals surface area contributed by atoms with Crippen LogP contribution in [0, 0.1) is 0 Å². The van der Waals surface area contributed by atoms with Gasteiger partial charge in [-0.25, -0.2) is 0 Å². The molecule has 0 bridgehead atoms. The number of rotatable bonds is 3. The maximum absolute atomic E-state index is 8.38. The van der Waals surface area contributed by atoms with Gasteiger partial charge in [-0.05, 0) is 11.1 Å². The van der Waals surface area contributed by atoms with E-state index in [0.717, 1.165) is 5.56 Å². The van der Waals surface area contributed by atoms with Gasteiger partial charge < -0.3 is 4.74 Å². The second kappa shape index (κ2) is 3.47. The number of ether oxygens (including phenoxy) is 1. The van der Waals surface area contributed by atoms with E-state index in [2.05, 4.69) is 10.0 Å². The number of azide groups is 1. The van der Waals surface area contributed by atoms with Gasteiger partial charge in [0.2, 0.25) is 0 Å². The summed E-state index contributed by atoms with van der Waals surface area (Å²) in [6.07, 6.45) is 0.0818. The summed E-state index contributed by atoms with van der Waals surface area (Å²) in [5, 5.41) is 3.71. The van der Waals surface area contributed by atoms with Crippen LogP contribution in [0.2, 0.25) is 0 Å². The lowest BCUT2D eigenvalue weighted by atomic mass is 10.1. The van der Waals surface area contributed by atoms with Crippen molar-refractivity contribution in [2.24, 2.45) is 5.11 Å². The molecule has 1 aromatic carbocycles. The van der Waals surface area contributed by atoms with Crippen molar-refractivity contribution in [2.45, 2.75) is 12.1 Å². The van der Waals surface area contributed by atoms with E-state index >= 15 is 0 Å². The van der Waals surface area contributed by atoms with Crippen LogP contribution in [0.5, 0.6) is 0 Å². The maximum atomic E-state index is 8.38. The molecule has 2 rings (SSSR count). The molecule has 4 heteroatoms. The van der Waals surface area contributed by atoms with E-state index in [9.17, 15) is 0 Å². The molecule has 0 aromatic heterocycles. The standard InChI is InChI=1S/C9H9N3O/c10-12-11-9(8-6-13-8)7-4-2-1-3-5-7/h1-5,8-9H,6H2/t8?,9-/m1/s1. The highest BCUT2D eigenvalue weighted by Crippen LogP contribution is 2.30. The fourth-order valence-corrected chi connectivity index (χ4v) is 1.30. The molecule has 0 radical (unpaired) electrons. The average Bonchev–Trinajstić information content (AvgIpc) is 2.99. The highest BCUT2D eigenvalue weighted by Gasteiger charge is 2.32. The van der Waals surface area contributed by atoms with E-state index in [1.165, 1.54) is 0 Å². The summed E-state index contributed by atoms with van der Waals surface area (Å²) in [7, 11) is 0. The average molecular weight is 175 g/mol. The molecule has 0 saturated carbocycles. The highest BCUT2D eigenvalue weighted by atomic mass is 16.6. The molecule has 4 nitrogen and oxygen atoms in total. The Labute approximate surface area is 75.8 Å². The Morgan fingerprint density at radius 3 is 2.69 bits per heavy atom. The van der Waals surface area contributed by atoms with Crippen LogP contribution in [0.15, 0.2) is 35.4 Å². The van der Waals surface area contributed by atoms with Crippen LogP contribution in [0.1, 0.15) is 11.6 Å². The zero-order valence-electron chi connectivity index (χ0n) is 7.00. The summed E-state index contributed by atoms with van der Waals surface area (Å²) >= 11 is 0. The summed E-state index contributed by atoms with van der Waals surface area (Å²) in [5.74, 6) is 0. The molecular weight excluding hydrogens is 166 g/mol. The zero-order valence-corrected chi connectivity index (χ0v) is 7.00. The van der Waals surface area contributed by atoms with Gasteiger partial charge in [-0.2, -0.15) is 0 Å². The lowest BCUT2D eigenvalue weighted by Crippen LogP contribution is -2.01. The fraction of sp³-hybridized carbons (Fsp3) is 0.333. The Balaban J connectivity index is 2.24. The molecule has 66 valence electrons. The van der Waals surface area contributed by atoms with E-state index in [1.807, 2.05) is 30.3 Å². The van der Waals surface area contributed by atoms with Gasteiger partial charge in [0.1, 0.15) is 0 Å². The molecule has 1 unspecified atom stereocenters. The molecule has 1 fully saturated rings. The third-order valence-corrected chi connectivity index (χ3v) is 2.03. The van der Waals surface area contributed by atoms with Gasteiger partial charge in [0, 0.05) is 4.91 Å². The third-order valence-electron chi connectivity index (χ3n) is 2.03. The minimum atomic E-state index is -0.161. The first-order valence-corrected chi connectivity index (χ1v) is 4.12. The summed E-state index contributed by atoms with van der Waals surface area (Å²) in [5.41, 5.74) is 9.39. The Morgan fingerprint density at radius 1 is 1.46 bits per heavy atom. The summed E-state index contributed by atoms with van der Waals surface area (Å²) < 4.78 is 5.11. The van der Waals surface area contributed by atoms with Crippen molar-refractivity contribution in [3.63, 3.8) is 0 Å². The third kappa shape index (κ3) is 1.80. The largest absolute Gasteiger partial charge is 0.372 e. The summed E-state index contributed by atoms with van der Waals surface area (Å²) in [6.45, 7) is 0.693. The molecule has 0 aliphatic carbocycles. The fourth-order valence-electron chi connectivity index (χ4n) is 1.30. The lowest BCUT2D eigenvalue weighted by molar-refractivity contribution is 0.376. The van der Waals surface area contributed by atoms with E-state index in [4.69, 9.17) is 10.3 Å². The Morgan fingerprint density at radius 2 is 2.15 bits per heavy atom. The molecule has 1 heterocycles. The highest BCUT2D eigenvalue weighted by molar-refractivity contribution is 5.21. The first-order chi connectivity index (χ1) is 6.42. The molecule has 13 heavy (non-hydrogen) atoms. The molecule has 0 N–H and O–H groups in total. The van der Waals surface area contributed by atoms with Gasteiger partial charge in [-0.3, -0.25) is 0 Å². The van der Waals surface area contributed by atoms with E-state index < -0.39 is 0 Å². The smallest absolute Gasteiger partial charge is 0.0935 e. The van der Waals surface area contributed by atoms with Crippen molar-refractivity contribution in [2.75, 3.05) is 6.61 Å². The van der Waals surface area contributed by atoms with Crippen LogP contribution in [0.25, 0.3) is 10.4 Å². The van der Waals surface area contributed by atoms with E-state index in [1.54, 1.807) is 0 Å². The topological polar surface area (TPSA) is 61.3 Å². The van der Waals surface area contributed by atoms with Gasteiger partial charge in [0.05, 0.1) is 18.8 Å². The number of epoxide rings is 1. The number of benzene rings is 1. The van der Waals surface area contributed by atoms with Crippen molar-refractivity contribution < 1.29 is 4.74 Å². The monoisotopic (exact) mass is 175 g/mol. The van der Waals surface area contributed by atoms with E-state index in [0.29, 0.717) is 6.61 Å². The van der Waals surface area contributed by atoms with Gasteiger partial charge in [0.15, 0.2) is 0 Å². The molecule has 1 aromatic rings. The minimum Gasteiger partial charge on any atom is -0.372 e. The van der Waals surface area contributed by atoms with Crippen molar-refractivity contribution in [3.8, 4) is 0 Å². The SMILES string of the molecule is [N-]=[N+]=N[C@H](c1ccccc1)C1CO1. The van der Waals surface area contributed by atoms with Crippen molar-refractivity contribution in [1.82, 2.24) is 0 Å². The van der Waals surface area contributed by atoms with Crippen LogP contribution in [0.3, 0.4) is 0 Å². The second-order valence-electron chi connectivity index (χ2n) is 2.93. The van der Waals surface area contributed by atoms with Gasteiger partial charge in [0.25, 0.3) is 0 Å². The molecule has 1 saturated heterocycles. The molecule has 0 amide bonds. The van der Waals surface area contributed by atoms with Crippen molar-refractivity contribution in [3.05, 3.63) is 46.3 Å². The van der Waals surface area contributed by atoms with Crippen LogP contribution in [0.4, 0.5) is 0 Å². The quantitative estimate of drug-likeness (QED) is 0.301. The van der Waals surface area contributed by atoms with Crippen molar-refractivity contribution >= 4 is 0 Å². The number of hydrogen-bond acceptors (Lipinski definition) is 2. The molecule has 1 aliphatic rings. The van der Waals surface area contributed by atoms with E-state index in [-0.39, 0.29) is 12.1 Å². The zero-order chi connectivity index (χ0) is 9.10. The normalized spacial score (nSPS) is 21.7. The van der Waals surface area contributed by atoms with Gasteiger partial charge >= 0.3 is 0 Å². The number of nitrogens with zero attached hydrogens (tertiary/aromatic N) is 3. The second-order valence-corrected chi connectivity index (χ2v) is 2.93. The Bertz CT molecular complexity index is 328. The Kier molecular flexibility index (Phi) is 2.17. The molecule has 2 atom stereocenters. The minimum absolute atomic E-state index is 0.0818. The first kappa shape index (κ1) is 8.10. The van der Waals surface area contributed by atoms with Gasteiger partial charge in [-0.15, -0.1) is 0 Å². The molecular formula is C9H9N3O. The van der Waals surface area contributed by atoms with Gasteiger partial charge in [-0.1, -0.05) is 35.4 Å². The van der Waals surface area contributed by atoms with Crippen LogP contribution >= 0.6 is 0 Å². The first-order valence-electron chi connectivity index (χ1n) is 4.12. The molecule has 1 aliphatic heterocycles.